The SMILES string of the molecule is CC(C)OP(=O)(O)Oc1cccc(Oc2ccc(C#N)c(C#N)c2)c1. The summed E-state index contributed by atoms with van der Waals surface area (Å²) in [6.45, 7) is 3.23. The standard InChI is InChI=1S/C17H15N2O5P/c1-12(2)23-25(20,21)24-17-5-3-4-15(9-17)22-16-7-6-13(10-18)14(8-16)11-19/h3-9,12H,1-2H3,(H,20,21). The molecule has 8 heteroatoms. The van der Waals surface area contributed by atoms with Crippen LogP contribution in [0.3, 0.4) is 0 Å². The van der Waals surface area contributed by atoms with Crippen molar-refractivity contribution in [2.24, 2.45) is 0 Å². The van der Waals surface area contributed by atoms with E-state index in [9.17, 15) is 9.46 Å². The molecule has 2 aromatic rings. The molecule has 7 nitrogen and oxygen atoms in total. The highest BCUT2D eigenvalue weighted by Gasteiger charge is 2.24. The van der Waals surface area contributed by atoms with Crippen molar-refractivity contribution in [2.45, 2.75) is 20.0 Å². The maximum absolute atomic E-state index is 11.8. The van der Waals surface area contributed by atoms with E-state index >= 15 is 0 Å². The van der Waals surface area contributed by atoms with Crippen molar-refractivity contribution in [3.05, 3.63) is 53.6 Å². The number of phosphoric acid groups is 1. The highest BCUT2D eigenvalue weighted by molar-refractivity contribution is 7.47. The van der Waals surface area contributed by atoms with E-state index in [1.807, 2.05) is 12.1 Å². The zero-order valence-electron chi connectivity index (χ0n) is 13.5. The minimum Gasteiger partial charge on any atom is -0.457 e. The fourth-order valence-corrected chi connectivity index (χ4v) is 2.88. The predicted octanol–water partition coefficient (Wildman–Crippen LogP) is 4.13. The van der Waals surface area contributed by atoms with Crippen LogP contribution in [0.25, 0.3) is 0 Å². The van der Waals surface area contributed by atoms with Gasteiger partial charge in [0.15, 0.2) is 0 Å². The lowest BCUT2D eigenvalue weighted by Crippen LogP contribution is -2.04. The zero-order chi connectivity index (χ0) is 18.4. The molecule has 0 fully saturated rings. The molecule has 0 saturated heterocycles. The van der Waals surface area contributed by atoms with E-state index in [0.29, 0.717) is 11.5 Å². The van der Waals surface area contributed by atoms with E-state index < -0.39 is 13.9 Å². The van der Waals surface area contributed by atoms with E-state index in [2.05, 4.69) is 0 Å². The van der Waals surface area contributed by atoms with Crippen LogP contribution in [0.4, 0.5) is 0 Å². The van der Waals surface area contributed by atoms with Crippen molar-refractivity contribution in [3.8, 4) is 29.4 Å². The predicted molar refractivity (Wildman–Crippen MR) is 89.1 cm³/mol. The molecule has 2 rings (SSSR count). The summed E-state index contributed by atoms with van der Waals surface area (Å²) in [5.74, 6) is 0.770. The summed E-state index contributed by atoms with van der Waals surface area (Å²) < 4.78 is 27.2. The van der Waals surface area contributed by atoms with Gasteiger partial charge in [-0.1, -0.05) is 6.07 Å². The number of nitriles is 2. The number of hydrogen-bond acceptors (Lipinski definition) is 6. The highest BCUT2D eigenvalue weighted by atomic mass is 31.2. The van der Waals surface area contributed by atoms with E-state index in [0.717, 1.165) is 0 Å². The normalized spacial score (nSPS) is 12.7. The topological polar surface area (TPSA) is 113 Å². The van der Waals surface area contributed by atoms with Gasteiger partial charge in [-0.25, -0.2) is 4.57 Å². The Bertz CT molecular complexity index is 899. The second kappa shape index (κ2) is 7.83. The average molecular weight is 358 g/mol. The first kappa shape index (κ1) is 18.5. The minimum atomic E-state index is -4.23. The van der Waals surface area contributed by atoms with Crippen LogP contribution in [0.1, 0.15) is 25.0 Å². The van der Waals surface area contributed by atoms with Crippen LogP contribution in [-0.4, -0.2) is 11.0 Å². The van der Waals surface area contributed by atoms with Gasteiger partial charge in [0.1, 0.15) is 29.4 Å². The molecule has 1 atom stereocenters. The van der Waals surface area contributed by atoms with Crippen molar-refractivity contribution in [3.63, 3.8) is 0 Å². The van der Waals surface area contributed by atoms with Gasteiger partial charge in [0.25, 0.3) is 0 Å². The van der Waals surface area contributed by atoms with Gasteiger partial charge in [-0.05, 0) is 44.2 Å². The van der Waals surface area contributed by atoms with Gasteiger partial charge in [0.05, 0.1) is 17.2 Å². The van der Waals surface area contributed by atoms with Crippen LogP contribution in [0.15, 0.2) is 42.5 Å². The summed E-state index contributed by atoms with van der Waals surface area (Å²) in [6, 6.07) is 14.4. The first-order valence-electron chi connectivity index (χ1n) is 7.26. The summed E-state index contributed by atoms with van der Waals surface area (Å²) in [5.41, 5.74) is 0.441. The molecule has 0 bridgehead atoms. The number of phosphoric ester groups is 1. The number of hydrogen-bond donors (Lipinski definition) is 1. The zero-order valence-corrected chi connectivity index (χ0v) is 14.4. The smallest absolute Gasteiger partial charge is 0.457 e. The molecule has 0 aliphatic rings. The fourth-order valence-electron chi connectivity index (χ4n) is 1.93. The first-order valence-corrected chi connectivity index (χ1v) is 8.75. The second-order valence-electron chi connectivity index (χ2n) is 5.22. The van der Waals surface area contributed by atoms with Crippen molar-refractivity contribution < 1.29 is 23.2 Å². The third kappa shape index (κ3) is 5.34. The third-order valence-corrected chi connectivity index (χ3v) is 3.97. The number of ether oxygens (including phenoxy) is 1. The Morgan fingerprint density at radius 3 is 2.28 bits per heavy atom. The van der Waals surface area contributed by atoms with E-state index in [-0.39, 0.29) is 16.9 Å². The number of nitrogens with zero attached hydrogens (tertiary/aromatic N) is 2. The summed E-state index contributed by atoms with van der Waals surface area (Å²) in [5, 5.41) is 18.0. The lowest BCUT2D eigenvalue weighted by atomic mass is 10.1. The molecule has 128 valence electrons. The molecule has 0 spiro atoms. The van der Waals surface area contributed by atoms with Gasteiger partial charge in [-0.3, -0.25) is 9.42 Å². The maximum atomic E-state index is 11.8. The number of rotatable bonds is 6. The maximum Gasteiger partial charge on any atom is 0.527 e. The Hall–Kier alpha value is -2.83. The van der Waals surface area contributed by atoms with Crippen molar-refractivity contribution >= 4 is 7.82 Å². The Morgan fingerprint density at radius 1 is 1.00 bits per heavy atom. The van der Waals surface area contributed by atoms with Crippen LogP contribution >= 0.6 is 7.82 Å². The first-order chi connectivity index (χ1) is 11.8. The summed E-state index contributed by atoms with van der Waals surface area (Å²) in [6.07, 6.45) is -0.474. The molecular weight excluding hydrogens is 343 g/mol. The van der Waals surface area contributed by atoms with Crippen LogP contribution in [0.5, 0.6) is 17.2 Å². The monoisotopic (exact) mass is 358 g/mol. The fraction of sp³-hybridized carbons (Fsp3) is 0.176. The van der Waals surface area contributed by atoms with Gasteiger partial charge in [0.2, 0.25) is 0 Å². The highest BCUT2D eigenvalue weighted by Crippen LogP contribution is 2.45. The Morgan fingerprint density at radius 2 is 1.64 bits per heavy atom. The number of benzene rings is 2. The molecular formula is C17H15N2O5P. The largest absolute Gasteiger partial charge is 0.527 e. The van der Waals surface area contributed by atoms with Crippen LogP contribution < -0.4 is 9.26 Å². The summed E-state index contributed by atoms with van der Waals surface area (Å²) >= 11 is 0. The van der Waals surface area contributed by atoms with Gasteiger partial charge < -0.3 is 9.26 Å². The van der Waals surface area contributed by atoms with E-state index in [1.165, 1.54) is 24.3 Å². The molecule has 1 unspecified atom stereocenters. The van der Waals surface area contributed by atoms with Crippen molar-refractivity contribution in [1.29, 1.82) is 10.5 Å². The molecule has 0 heterocycles. The second-order valence-corrected chi connectivity index (χ2v) is 6.55. The molecule has 1 N–H and O–H groups in total. The van der Waals surface area contributed by atoms with Gasteiger partial charge in [-0.15, -0.1) is 0 Å². The average Bonchev–Trinajstić information content (AvgIpc) is 2.53. The molecule has 25 heavy (non-hydrogen) atoms. The Kier molecular flexibility index (Phi) is 5.80. The summed E-state index contributed by atoms with van der Waals surface area (Å²) in [4.78, 5) is 9.65. The molecule has 0 saturated carbocycles. The van der Waals surface area contributed by atoms with E-state index in [1.54, 1.807) is 32.0 Å². The van der Waals surface area contributed by atoms with Gasteiger partial charge >= 0.3 is 7.82 Å². The molecule has 0 aliphatic carbocycles. The van der Waals surface area contributed by atoms with E-state index in [4.69, 9.17) is 24.3 Å². The third-order valence-electron chi connectivity index (χ3n) is 2.84. The molecule has 2 aromatic carbocycles. The molecule has 0 radical (unpaired) electrons. The van der Waals surface area contributed by atoms with Gasteiger partial charge in [-0.2, -0.15) is 10.5 Å². The molecule has 0 aromatic heterocycles. The molecule has 0 aliphatic heterocycles. The Balaban J connectivity index is 2.19. The lowest BCUT2D eigenvalue weighted by Gasteiger charge is -2.15. The van der Waals surface area contributed by atoms with Crippen LogP contribution in [-0.2, 0) is 9.09 Å². The Labute approximate surface area is 145 Å². The minimum absolute atomic E-state index is 0.0955. The van der Waals surface area contributed by atoms with Crippen LogP contribution in [0, 0.1) is 22.7 Å². The summed E-state index contributed by atoms with van der Waals surface area (Å²) in [7, 11) is -4.23. The van der Waals surface area contributed by atoms with Gasteiger partial charge in [0, 0.05) is 6.07 Å². The molecule has 0 amide bonds. The quantitative estimate of drug-likeness (QED) is 0.773. The van der Waals surface area contributed by atoms with Crippen molar-refractivity contribution in [1.82, 2.24) is 0 Å². The lowest BCUT2D eigenvalue weighted by molar-refractivity contribution is 0.161. The van der Waals surface area contributed by atoms with Crippen LogP contribution in [0.2, 0.25) is 0 Å². The van der Waals surface area contributed by atoms with Crippen molar-refractivity contribution in [2.75, 3.05) is 0 Å².